The van der Waals surface area contributed by atoms with Crippen LogP contribution >= 0.6 is 35.1 Å². The maximum absolute atomic E-state index is 13.5. The molecule has 29 heavy (non-hydrogen) atoms. The predicted octanol–water partition coefficient (Wildman–Crippen LogP) is 6.96. The fourth-order valence-corrected chi connectivity index (χ4v) is 5.76. The molecule has 146 valence electrons. The number of hydrogen-bond donors (Lipinski definition) is 0. The molecule has 1 aliphatic rings. The highest BCUT2D eigenvalue weighted by Gasteiger charge is 2.46. The van der Waals surface area contributed by atoms with Crippen LogP contribution in [0.25, 0.3) is 0 Å². The average Bonchev–Trinajstić information content (AvgIpc) is 3.18. The Morgan fingerprint density at radius 1 is 0.897 bits per heavy atom. The summed E-state index contributed by atoms with van der Waals surface area (Å²) < 4.78 is 5.04. The van der Waals surface area contributed by atoms with E-state index in [0.29, 0.717) is 16.3 Å². The lowest BCUT2D eigenvalue weighted by Gasteiger charge is -2.26. The molecular formula is C24H19ClO2S2. The van der Waals surface area contributed by atoms with E-state index in [1.54, 1.807) is 30.5 Å². The van der Waals surface area contributed by atoms with Gasteiger partial charge >= 0.3 is 0 Å². The van der Waals surface area contributed by atoms with Crippen molar-refractivity contribution in [3.05, 3.63) is 118 Å². The van der Waals surface area contributed by atoms with E-state index in [-0.39, 0.29) is 5.78 Å². The number of rotatable bonds is 7. The van der Waals surface area contributed by atoms with Crippen LogP contribution in [0.3, 0.4) is 0 Å². The standard InChI is InChI=1S/C24H19ClO2S2/c25-21-13-11-20(12-14-21)23(26)24(28-17-19-9-5-2-6-10-19)27-16-22(29-24)15-18-7-3-1-4-8-18/h1-14,16H,15,17H2. The molecule has 0 fully saturated rings. The SMILES string of the molecule is O=C(c1ccc(Cl)cc1)C1(SCc2ccccc2)OC=C(Cc2ccccc2)S1. The first kappa shape index (κ1) is 20.1. The molecule has 0 aliphatic carbocycles. The molecule has 1 aliphatic heterocycles. The normalized spacial score (nSPS) is 18.2. The third kappa shape index (κ3) is 4.89. The summed E-state index contributed by atoms with van der Waals surface area (Å²) in [6.07, 6.45) is 2.48. The van der Waals surface area contributed by atoms with Gasteiger partial charge in [-0.3, -0.25) is 4.79 Å². The summed E-state index contributed by atoms with van der Waals surface area (Å²) in [5, 5.41) is 0.607. The van der Waals surface area contributed by atoms with E-state index in [4.69, 9.17) is 16.3 Å². The van der Waals surface area contributed by atoms with Gasteiger partial charge in [0.25, 0.3) is 4.27 Å². The molecule has 0 spiro atoms. The first-order valence-electron chi connectivity index (χ1n) is 9.23. The highest BCUT2D eigenvalue weighted by Crippen LogP contribution is 2.51. The molecule has 1 atom stereocenters. The molecule has 0 aromatic heterocycles. The number of Topliss-reactive ketones (excluding diaryl/α,β-unsaturated/α-hetero) is 1. The van der Waals surface area contributed by atoms with Crippen molar-refractivity contribution in [3.63, 3.8) is 0 Å². The Morgan fingerprint density at radius 3 is 2.17 bits per heavy atom. The Kier molecular flexibility index (Phi) is 6.34. The molecule has 0 radical (unpaired) electrons. The second kappa shape index (κ2) is 9.12. The first-order valence-corrected chi connectivity index (χ1v) is 11.4. The molecule has 0 amide bonds. The minimum atomic E-state index is -1.03. The van der Waals surface area contributed by atoms with Gasteiger partial charge in [-0.05, 0) is 35.4 Å². The van der Waals surface area contributed by atoms with E-state index in [9.17, 15) is 4.79 Å². The van der Waals surface area contributed by atoms with Crippen molar-refractivity contribution in [2.45, 2.75) is 16.4 Å². The van der Waals surface area contributed by atoms with Gasteiger partial charge in [-0.25, -0.2) is 0 Å². The number of ether oxygens (including phenoxy) is 1. The number of thioether (sulfide) groups is 2. The van der Waals surface area contributed by atoms with E-state index >= 15 is 0 Å². The highest BCUT2D eigenvalue weighted by atomic mass is 35.5. The third-order valence-electron chi connectivity index (χ3n) is 4.49. The monoisotopic (exact) mass is 438 g/mol. The highest BCUT2D eigenvalue weighted by molar-refractivity contribution is 8.20. The molecule has 3 aromatic rings. The molecule has 3 aromatic carbocycles. The van der Waals surface area contributed by atoms with Crippen LogP contribution in [0.5, 0.6) is 0 Å². The minimum absolute atomic E-state index is 0.0561. The lowest BCUT2D eigenvalue weighted by molar-refractivity contribution is 0.0809. The number of carbonyl (C=O) groups excluding carboxylic acids is 1. The van der Waals surface area contributed by atoms with Gasteiger partial charge in [-0.1, -0.05) is 95.8 Å². The summed E-state index contributed by atoms with van der Waals surface area (Å²) in [5.41, 5.74) is 2.94. The predicted molar refractivity (Wildman–Crippen MR) is 123 cm³/mol. The van der Waals surface area contributed by atoms with E-state index in [0.717, 1.165) is 16.9 Å². The van der Waals surface area contributed by atoms with Gasteiger partial charge in [-0.2, -0.15) is 0 Å². The van der Waals surface area contributed by atoms with Crippen LogP contribution in [-0.4, -0.2) is 10.0 Å². The van der Waals surface area contributed by atoms with E-state index in [2.05, 4.69) is 24.3 Å². The van der Waals surface area contributed by atoms with Crippen LogP contribution in [0.1, 0.15) is 21.5 Å². The van der Waals surface area contributed by atoms with Crippen LogP contribution in [0.4, 0.5) is 0 Å². The van der Waals surface area contributed by atoms with Gasteiger partial charge in [0.1, 0.15) is 0 Å². The first-order chi connectivity index (χ1) is 14.1. The Labute approximate surface area is 184 Å². The van der Waals surface area contributed by atoms with Crippen molar-refractivity contribution in [3.8, 4) is 0 Å². The fourth-order valence-electron chi connectivity index (χ4n) is 3.00. The van der Waals surface area contributed by atoms with E-state index in [1.165, 1.54) is 29.1 Å². The van der Waals surface area contributed by atoms with Crippen LogP contribution in [0.15, 0.2) is 96.1 Å². The fraction of sp³-hybridized carbons (Fsp3) is 0.125. The van der Waals surface area contributed by atoms with Gasteiger partial charge < -0.3 is 4.74 Å². The zero-order valence-electron chi connectivity index (χ0n) is 15.6. The van der Waals surface area contributed by atoms with E-state index in [1.807, 2.05) is 36.4 Å². The van der Waals surface area contributed by atoms with Gasteiger partial charge in [0.15, 0.2) is 0 Å². The van der Waals surface area contributed by atoms with Crippen LogP contribution in [0.2, 0.25) is 5.02 Å². The smallest absolute Gasteiger partial charge is 0.268 e. The quantitative estimate of drug-likeness (QED) is 0.372. The Morgan fingerprint density at radius 2 is 1.52 bits per heavy atom. The lowest BCUT2D eigenvalue weighted by Crippen LogP contribution is -2.31. The van der Waals surface area contributed by atoms with Gasteiger partial charge in [0.2, 0.25) is 5.78 Å². The summed E-state index contributed by atoms with van der Waals surface area (Å²) in [7, 11) is 0. The van der Waals surface area contributed by atoms with Crippen molar-refractivity contribution < 1.29 is 9.53 Å². The topological polar surface area (TPSA) is 26.3 Å². The molecule has 1 heterocycles. The van der Waals surface area contributed by atoms with E-state index < -0.39 is 4.27 Å². The largest absolute Gasteiger partial charge is 0.466 e. The maximum atomic E-state index is 13.5. The molecule has 0 N–H and O–H groups in total. The zero-order chi connectivity index (χ0) is 20.1. The van der Waals surface area contributed by atoms with Crippen LogP contribution in [0, 0.1) is 0 Å². The third-order valence-corrected chi connectivity index (χ3v) is 7.54. The second-order valence-corrected chi connectivity index (χ2v) is 9.78. The summed E-state index contributed by atoms with van der Waals surface area (Å²) >= 11 is 9.01. The van der Waals surface area contributed by atoms with Crippen LogP contribution in [-0.2, 0) is 16.9 Å². The molecule has 0 saturated heterocycles. The van der Waals surface area contributed by atoms with Gasteiger partial charge in [-0.15, -0.1) is 0 Å². The zero-order valence-corrected chi connectivity index (χ0v) is 18.0. The van der Waals surface area contributed by atoms with Crippen molar-refractivity contribution in [2.75, 3.05) is 0 Å². The summed E-state index contributed by atoms with van der Waals surface area (Å²) in [6, 6.07) is 27.3. The van der Waals surface area contributed by atoms with Crippen molar-refractivity contribution in [2.24, 2.45) is 0 Å². The molecule has 1 unspecified atom stereocenters. The number of hydrogen-bond acceptors (Lipinski definition) is 4. The molecule has 0 saturated carbocycles. The van der Waals surface area contributed by atoms with Crippen molar-refractivity contribution in [1.29, 1.82) is 0 Å². The number of allylic oxidation sites excluding steroid dienone is 1. The van der Waals surface area contributed by atoms with Crippen LogP contribution < -0.4 is 0 Å². The number of benzene rings is 3. The van der Waals surface area contributed by atoms with Crippen molar-refractivity contribution in [1.82, 2.24) is 0 Å². The maximum Gasteiger partial charge on any atom is 0.268 e. The summed E-state index contributed by atoms with van der Waals surface area (Å²) in [4.78, 5) is 14.5. The Balaban J connectivity index is 1.56. The Hall–Kier alpha value is -2.14. The Bertz CT molecular complexity index is 1000. The lowest BCUT2D eigenvalue weighted by atomic mass is 10.1. The minimum Gasteiger partial charge on any atom is -0.466 e. The summed E-state index contributed by atoms with van der Waals surface area (Å²) in [6.45, 7) is 0. The molecule has 0 bridgehead atoms. The number of carbonyl (C=O) groups is 1. The average molecular weight is 439 g/mol. The number of ketones is 1. The second-order valence-electron chi connectivity index (χ2n) is 6.63. The van der Waals surface area contributed by atoms with Gasteiger partial charge in [0, 0.05) is 27.7 Å². The number of halogens is 1. The molecule has 4 rings (SSSR count). The molecule has 5 heteroatoms. The summed E-state index contributed by atoms with van der Waals surface area (Å²) in [5.74, 6) is 0.624. The van der Waals surface area contributed by atoms with Crippen molar-refractivity contribution >= 4 is 40.9 Å². The van der Waals surface area contributed by atoms with Gasteiger partial charge in [0.05, 0.1) is 6.26 Å². The molecular weight excluding hydrogens is 420 g/mol. The molecule has 2 nitrogen and oxygen atoms in total.